The van der Waals surface area contributed by atoms with Crippen molar-refractivity contribution >= 4 is 28.5 Å². The molecular formula is C15H20ClN3O2. The first-order valence-corrected chi connectivity index (χ1v) is 7.33. The van der Waals surface area contributed by atoms with E-state index in [1.807, 2.05) is 32.0 Å². The van der Waals surface area contributed by atoms with Crippen molar-refractivity contribution in [2.75, 3.05) is 6.61 Å². The molecule has 0 aliphatic heterocycles. The van der Waals surface area contributed by atoms with E-state index in [2.05, 4.69) is 4.98 Å². The Kier molecular flexibility index (Phi) is 4.14. The van der Waals surface area contributed by atoms with E-state index >= 15 is 0 Å². The molecule has 6 heteroatoms. The number of hydrogen-bond acceptors (Lipinski definition) is 3. The van der Waals surface area contributed by atoms with E-state index in [1.54, 1.807) is 18.4 Å². The second kappa shape index (κ2) is 5.56. The molecule has 5 nitrogen and oxygen atoms in total. The number of halogens is 1. The fourth-order valence-electron chi connectivity index (χ4n) is 2.33. The van der Waals surface area contributed by atoms with Gasteiger partial charge in [0.1, 0.15) is 22.6 Å². The molecule has 1 heterocycles. The molecule has 1 aromatic heterocycles. The lowest BCUT2D eigenvalue weighted by molar-refractivity contribution is -0.125. The van der Waals surface area contributed by atoms with Crippen LogP contribution in [0.4, 0.5) is 0 Å². The summed E-state index contributed by atoms with van der Waals surface area (Å²) in [5.41, 5.74) is 6.10. The van der Waals surface area contributed by atoms with E-state index in [0.717, 1.165) is 5.52 Å². The highest BCUT2D eigenvalue weighted by molar-refractivity contribution is 6.20. The zero-order valence-electron chi connectivity index (χ0n) is 12.7. The smallest absolute Gasteiger partial charge is 0.243 e. The van der Waals surface area contributed by atoms with Crippen molar-refractivity contribution in [2.24, 2.45) is 5.73 Å². The van der Waals surface area contributed by atoms with Crippen molar-refractivity contribution in [3.05, 3.63) is 24.0 Å². The molecule has 1 atom stereocenters. The van der Waals surface area contributed by atoms with Gasteiger partial charge in [0.15, 0.2) is 0 Å². The van der Waals surface area contributed by atoms with Crippen LogP contribution in [0.3, 0.4) is 0 Å². The van der Waals surface area contributed by atoms with E-state index in [0.29, 0.717) is 23.7 Å². The number of para-hydroxylation sites is 1. The van der Waals surface area contributed by atoms with Crippen molar-refractivity contribution in [1.82, 2.24) is 9.55 Å². The highest BCUT2D eigenvalue weighted by Gasteiger charge is 2.33. The van der Waals surface area contributed by atoms with Crippen LogP contribution < -0.4 is 10.5 Å². The Hall–Kier alpha value is -1.75. The SMILES string of the molecule is CCOc1cccc2c1nc(C(C)Cl)n2C(C)(C)C(N)=O. The second-order valence-corrected chi connectivity index (χ2v) is 6.06. The maximum absolute atomic E-state index is 11.8. The number of fused-ring (bicyclic) bond motifs is 1. The minimum Gasteiger partial charge on any atom is -0.492 e. The molecule has 0 saturated carbocycles. The van der Waals surface area contributed by atoms with E-state index in [4.69, 9.17) is 22.1 Å². The number of imidazole rings is 1. The summed E-state index contributed by atoms with van der Waals surface area (Å²) in [7, 11) is 0. The van der Waals surface area contributed by atoms with Gasteiger partial charge >= 0.3 is 0 Å². The molecule has 114 valence electrons. The molecule has 0 aliphatic carbocycles. The first kappa shape index (κ1) is 15.6. The first-order valence-electron chi connectivity index (χ1n) is 6.89. The normalized spacial score (nSPS) is 13.4. The summed E-state index contributed by atoms with van der Waals surface area (Å²) in [5, 5.41) is -0.356. The Labute approximate surface area is 129 Å². The van der Waals surface area contributed by atoms with Crippen LogP contribution in [0.5, 0.6) is 5.75 Å². The van der Waals surface area contributed by atoms with Gasteiger partial charge < -0.3 is 15.0 Å². The van der Waals surface area contributed by atoms with Gasteiger partial charge in [0, 0.05) is 0 Å². The number of rotatable bonds is 5. The summed E-state index contributed by atoms with van der Waals surface area (Å²) in [6.45, 7) is 7.78. The lowest BCUT2D eigenvalue weighted by atomic mass is 10.0. The molecule has 0 saturated heterocycles. The largest absolute Gasteiger partial charge is 0.492 e. The zero-order valence-corrected chi connectivity index (χ0v) is 13.4. The monoisotopic (exact) mass is 309 g/mol. The standard InChI is InChI=1S/C15H20ClN3O2/c1-5-21-11-8-6-7-10-12(11)18-13(9(2)16)19(10)15(3,4)14(17)20/h6-9H,5H2,1-4H3,(H2,17,20). The lowest BCUT2D eigenvalue weighted by Gasteiger charge is -2.26. The quantitative estimate of drug-likeness (QED) is 0.863. The molecule has 2 aromatic rings. The summed E-state index contributed by atoms with van der Waals surface area (Å²) in [6, 6.07) is 5.60. The van der Waals surface area contributed by atoms with Crippen LogP contribution in [0.2, 0.25) is 0 Å². The molecule has 1 unspecified atom stereocenters. The highest BCUT2D eigenvalue weighted by Crippen LogP contribution is 2.34. The maximum Gasteiger partial charge on any atom is 0.243 e. The van der Waals surface area contributed by atoms with Crippen LogP contribution in [0.15, 0.2) is 18.2 Å². The van der Waals surface area contributed by atoms with Crippen LogP contribution in [-0.4, -0.2) is 22.1 Å². The Balaban J connectivity index is 2.82. The molecule has 21 heavy (non-hydrogen) atoms. The molecular weight excluding hydrogens is 290 g/mol. The van der Waals surface area contributed by atoms with E-state index in [9.17, 15) is 4.79 Å². The Morgan fingerprint density at radius 2 is 2.19 bits per heavy atom. The lowest BCUT2D eigenvalue weighted by Crippen LogP contribution is -2.42. The van der Waals surface area contributed by atoms with Crippen molar-refractivity contribution in [1.29, 1.82) is 0 Å². The van der Waals surface area contributed by atoms with Crippen LogP contribution in [0.1, 0.15) is 38.9 Å². The average molecular weight is 310 g/mol. The molecule has 1 aromatic carbocycles. The Morgan fingerprint density at radius 3 is 2.71 bits per heavy atom. The highest BCUT2D eigenvalue weighted by atomic mass is 35.5. The number of carbonyl (C=O) groups is 1. The van der Waals surface area contributed by atoms with Gasteiger partial charge in [-0.15, -0.1) is 11.6 Å². The zero-order chi connectivity index (χ0) is 15.8. The number of hydrogen-bond donors (Lipinski definition) is 1. The number of alkyl halides is 1. The summed E-state index contributed by atoms with van der Waals surface area (Å²) >= 11 is 6.24. The predicted molar refractivity (Wildman–Crippen MR) is 83.7 cm³/mol. The summed E-state index contributed by atoms with van der Waals surface area (Å²) in [6.07, 6.45) is 0. The van der Waals surface area contributed by atoms with Gasteiger partial charge in [0.2, 0.25) is 5.91 Å². The average Bonchev–Trinajstić information content (AvgIpc) is 2.80. The summed E-state index contributed by atoms with van der Waals surface area (Å²) in [5.74, 6) is 0.831. The minimum atomic E-state index is -0.932. The van der Waals surface area contributed by atoms with Gasteiger partial charge in [-0.05, 0) is 39.8 Å². The van der Waals surface area contributed by atoms with Crippen molar-refractivity contribution in [2.45, 2.75) is 38.6 Å². The number of primary amides is 1. The van der Waals surface area contributed by atoms with Gasteiger partial charge in [-0.2, -0.15) is 0 Å². The van der Waals surface area contributed by atoms with Gasteiger partial charge in [0.05, 0.1) is 17.5 Å². The summed E-state index contributed by atoms with van der Waals surface area (Å²) < 4.78 is 7.40. The number of carbonyl (C=O) groups excluding carboxylic acids is 1. The number of nitrogens with two attached hydrogens (primary N) is 1. The van der Waals surface area contributed by atoms with Crippen LogP contribution >= 0.6 is 11.6 Å². The third-order valence-electron chi connectivity index (χ3n) is 3.49. The van der Waals surface area contributed by atoms with E-state index in [1.165, 1.54) is 0 Å². The predicted octanol–water partition coefficient (Wildman–Crippen LogP) is 2.96. The minimum absolute atomic E-state index is 0.356. The number of amides is 1. The second-order valence-electron chi connectivity index (χ2n) is 5.40. The molecule has 1 amide bonds. The number of ether oxygens (including phenoxy) is 1. The summed E-state index contributed by atoms with van der Waals surface area (Å²) in [4.78, 5) is 16.4. The molecule has 2 rings (SSSR count). The van der Waals surface area contributed by atoms with Crippen molar-refractivity contribution in [3.63, 3.8) is 0 Å². The number of benzene rings is 1. The molecule has 0 fully saturated rings. The third kappa shape index (κ3) is 2.58. The fourth-order valence-corrected chi connectivity index (χ4v) is 2.47. The van der Waals surface area contributed by atoms with E-state index in [-0.39, 0.29) is 5.38 Å². The fraction of sp³-hybridized carbons (Fsp3) is 0.467. The van der Waals surface area contributed by atoms with E-state index < -0.39 is 11.4 Å². The van der Waals surface area contributed by atoms with Gasteiger partial charge in [-0.1, -0.05) is 6.07 Å². The number of aromatic nitrogens is 2. The molecule has 0 radical (unpaired) electrons. The molecule has 0 bridgehead atoms. The maximum atomic E-state index is 11.8. The molecule has 0 spiro atoms. The molecule has 0 aliphatic rings. The Bertz CT molecular complexity index is 677. The first-order chi connectivity index (χ1) is 9.80. The third-order valence-corrected chi connectivity index (χ3v) is 3.69. The van der Waals surface area contributed by atoms with Crippen LogP contribution in [-0.2, 0) is 10.3 Å². The van der Waals surface area contributed by atoms with Crippen LogP contribution in [0.25, 0.3) is 11.0 Å². The van der Waals surface area contributed by atoms with Gasteiger partial charge in [0.25, 0.3) is 0 Å². The Morgan fingerprint density at radius 1 is 1.52 bits per heavy atom. The van der Waals surface area contributed by atoms with Gasteiger partial charge in [-0.3, -0.25) is 4.79 Å². The van der Waals surface area contributed by atoms with Crippen LogP contribution in [0, 0.1) is 0 Å². The van der Waals surface area contributed by atoms with Crippen molar-refractivity contribution < 1.29 is 9.53 Å². The number of nitrogens with zero attached hydrogens (tertiary/aromatic N) is 2. The van der Waals surface area contributed by atoms with Gasteiger partial charge in [-0.25, -0.2) is 4.98 Å². The molecule has 2 N–H and O–H groups in total. The topological polar surface area (TPSA) is 70.1 Å². The van der Waals surface area contributed by atoms with Crippen molar-refractivity contribution in [3.8, 4) is 5.75 Å².